The van der Waals surface area contributed by atoms with E-state index in [1.54, 1.807) is 0 Å². The molecule has 0 aliphatic carbocycles. The maximum Gasteiger partial charge on any atom is 0.137 e. The number of nitrogens with zero attached hydrogens (tertiary/aromatic N) is 1. The third-order valence-electron chi connectivity index (χ3n) is 5.16. The topological polar surface area (TPSA) is 41.6 Å². The minimum atomic E-state index is -0.0166. The number of rotatable bonds is 7. The van der Waals surface area contributed by atoms with Gasteiger partial charge in [0.2, 0.25) is 0 Å². The van der Waals surface area contributed by atoms with Crippen molar-refractivity contribution >= 4 is 11.5 Å². The number of Topliss-reactive ketones (excluding diaryl/α,β-unsaturated/α-hetero) is 1. The van der Waals surface area contributed by atoms with Crippen molar-refractivity contribution < 1.29 is 9.53 Å². The summed E-state index contributed by atoms with van der Waals surface area (Å²) in [5, 5.41) is 3.44. The fourth-order valence-corrected chi connectivity index (χ4v) is 3.75. The van der Waals surface area contributed by atoms with Crippen LogP contribution in [0.2, 0.25) is 0 Å². The fraction of sp³-hybridized carbons (Fsp3) is 0.435. The van der Waals surface area contributed by atoms with Crippen LogP contribution in [0.3, 0.4) is 0 Å². The Morgan fingerprint density at radius 2 is 1.96 bits per heavy atom. The van der Waals surface area contributed by atoms with Gasteiger partial charge in [0.05, 0.1) is 12.7 Å². The van der Waals surface area contributed by atoms with Crippen LogP contribution in [0.5, 0.6) is 0 Å². The quantitative estimate of drug-likeness (QED) is 0.814. The number of morpholine rings is 1. The zero-order valence-electron chi connectivity index (χ0n) is 16.6. The van der Waals surface area contributed by atoms with Gasteiger partial charge in [0.1, 0.15) is 5.78 Å². The van der Waals surface area contributed by atoms with E-state index in [1.807, 2.05) is 13.0 Å². The Hall–Kier alpha value is -2.17. The van der Waals surface area contributed by atoms with Crippen molar-refractivity contribution in [2.75, 3.05) is 38.7 Å². The molecule has 1 aliphatic heterocycles. The number of hydrogen-bond acceptors (Lipinski definition) is 4. The maximum absolute atomic E-state index is 12.2. The monoisotopic (exact) mass is 366 g/mol. The summed E-state index contributed by atoms with van der Waals surface area (Å²) in [5.41, 5.74) is 6.02. The van der Waals surface area contributed by atoms with Crippen molar-refractivity contribution in [1.82, 2.24) is 5.32 Å². The van der Waals surface area contributed by atoms with Gasteiger partial charge in [-0.25, -0.2) is 0 Å². The third-order valence-corrected chi connectivity index (χ3v) is 5.16. The van der Waals surface area contributed by atoms with Crippen molar-refractivity contribution in [3.05, 3.63) is 64.7 Å². The number of carbonyl (C=O) groups excluding carboxylic acids is 1. The van der Waals surface area contributed by atoms with Gasteiger partial charge in [-0.1, -0.05) is 43.3 Å². The van der Waals surface area contributed by atoms with E-state index >= 15 is 0 Å². The van der Waals surface area contributed by atoms with Crippen LogP contribution in [0.15, 0.2) is 42.5 Å². The van der Waals surface area contributed by atoms with Gasteiger partial charge in [0, 0.05) is 45.7 Å². The summed E-state index contributed by atoms with van der Waals surface area (Å²) in [7, 11) is 4.15. The van der Waals surface area contributed by atoms with Crippen molar-refractivity contribution in [2.24, 2.45) is 0 Å². The summed E-state index contributed by atoms with van der Waals surface area (Å²) in [4.78, 5) is 14.4. The number of benzene rings is 2. The lowest BCUT2D eigenvalue weighted by Gasteiger charge is -2.30. The molecule has 144 valence electrons. The fourth-order valence-electron chi connectivity index (χ4n) is 3.75. The minimum absolute atomic E-state index is 0.0166. The van der Waals surface area contributed by atoms with Crippen LogP contribution in [-0.4, -0.2) is 39.6 Å². The van der Waals surface area contributed by atoms with Crippen LogP contribution in [0.1, 0.15) is 41.7 Å². The molecule has 2 aromatic carbocycles. The second-order valence-corrected chi connectivity index (χ2v) is 7.33. The minimum Gasteiger partial charge on any atom is -0.377 e. The molecule has 1 fully saturated rings. The Balaban J connectivity index is 2.12. The van der Waals surface area contributed by atoms with Crippen molar-refractivity contribution in [3.63, 3.8) is 0 Å². The first-order chi connectivity index (χ1) is 13.1. The molecule has 1 atom stereocenters. The van der Waals surface area contributed by atoms with Crippen LogP contribution in [-0.2, 0) is 22.4 Å². The van der Waals surface area contributed by atoms with Crippen LogP contribution in [0.25, 0.3) is 0 Å². The highest BCUT2D eigenvalue weighted by Gasteiger charge is 2.25. The second kappa shape index (κ2) is 9.16. The Labute approximate surface area is 162 Å². The molecule has 2 aromatic rings. The molecule has 0 amide bonds. The van der Waals surface area contributed by atoms with Gasteiger partial charge < -0.3 is 15.0 Å². The van der Waals surface area contributed by atoms with E-state index in [2.05, 4.69) is 60.7 Å². The summed E-state index contributed by atoms with van der Waals surface area (Å²) in [6.07, 6.45) is 1.85. The second-order valence-electron chi connectivity index (χ2n) is 7.33. The normalized spacial score (nSPS) is 16.9. The highest BCUT2D eigenvalue weighted by Crippen LogP contribution is 2.35. The molecule has 0 bridgehead atoms. The Morgan fingerprint density at radius 3 is 2.59 bits per heavy atom. The standard InChI is InChI=1S/C23H30N2O2/c1-4-19(26)15-18-10-11-21(25(2)3)20(14-17-8-6-5-7-9-17)23(18)22-16-24-12-13-27-22/h5-11,22,24H,4,12-16H2,1-3H3. The average Bonchev–Trinajstić information content (AvgIpc) is 2.69. The first kappa shape index (κ1) is 19.6. The van der Waals surface area contributed by atoms with Crippen LogP contribution in [0, 0.1) is 0 Å². The van der Waals surface area contributed by atoms with E-state index in [0.29, 0.717) is 19.4 Å². The van der Waals surface area contributed by atoms with Crippen molar-refractivity contribution in [3.8, 4) is 0 Å². The SMILES string of the molecule is CCC(=O)Cc1ccc(N(C)C)c(Cc2ccccc2)c1C1CNCCO1. The molecule has 0 aromatic heterocycles. The van der Waals surface area contributed by atoms with Gasteiger partial charge in [0.15, 0.2) is 0 Å². The van der Waals surface area contributed by atoms with E-state index in [0.717, 1.165) is 25.1 Å². The van der Waals surface area contributed by atoms with E-state index in [9.17, 15) is 4.79 Å². The van der Waals surface area contributed by atoms with Gasteiger partial charge in [-0.2, -0.15) is 0 Å². The van der Waals surface area contributed by atoms with Crippen molar-refractivity contribution in [1.29, 1.82) is 0 Å². The maximum atomic E-state index is 12.2. The molecule has 1 saturated heterocycles. The number of carbonyl (C=O) groups is 1. The first-order valence-corrected chi connectivity index (χ1v) is 9.80. The van der Waals surface area contributed by atoms with Gasteiger partial charge in [0.25, 0.3) is 0 Å². The molecule has 0 saturated carbocycles. The highest BCUT2D eigenvalue weighted by atomic mass is 16.5. The molecule has 1 unspecified atom stereocenters. The summed E-state index contributed by atoms with van der Waals surface area (Å²) >= 11 is 0. The Kier molecular flexibility index (Phi) is 6.64. The number of nitrogens with one attached hydrogen (secondary N) is 1. The predicted octanol–water partition coefficient (Wildman–Crippen LogP) is 3.53. The zero-order chi connectivity index (χ0) is 19.2. The summed E-state index contributed by atoms with van der Waals surface area (Å²) in [6, 6.07) is 14.8. The molecule has 1 heterocycles. The van der Waals surface area contributed by atoms with Crippen LogP contribution < -0.4 is 10.2 Å². The largest absolute Gasteiger partial charge is 0.377 e. The number of ketones is 1. The molecule has 0 radical (unpaired) electrons. The highest BCUT2D eigenvalue weighted by molar-refractivity contribution is 5.81. The summed E-state index contributed by atoms with van der Waals surface area (Å²) in [5.74, 6) is 0.267. The predicted molar refractivity (Wildman–Crippen MR) is 111 cm³/mol. The molecule has 4 heteroatoms. The molecule has 0 spiro atoms. The summed E-state index contributed by atoms with van der Waals surface area (Å²) in [6.45, 7) is 4.29. The molecule has 1 aliphatic rings. The molecule has 1 N–H and O–H groups in total. The van der Waals surface area contributed by atoms with E-state index < -0.39 is 0 Å². The number of hydrogen-bond donors (Lipinski definition) is 1. The third kappa shape index (κ3) is 4.76. The molecular formula is C23H30N2O2. The average molecular weight is 367 g/mol. The zero-order valence-corrected chi connectivity index (χ0v) is 16.6. The first-order valence-electron chi connectivity index (χ1n) is 9.80. The van der Waals surface area contributed by atoms with Gasteiger partial charge in [-0.05, 0) is 34.7 Å². The molecule has 27 heavy (non-hydrogen) atoms. The smallest absolute Gasteiger partial charge is 0.137 e. The number of ether oxygens (including phenoxy) is 1. The van der Waals surface area contributed by atoms with Crippen LogP contribution >= 0.6 is 0 Å². The van der Waals surface area contributed by atoms with Gasteiger partial charge in [-0.3, -0.25) is 4.79 Å². The lowest BCUT2D eigenvalue weighted by Crippen LogP contribution is -2.34. The summed E-state index contributed by atoms with van der Waals surface area (Å²) < 4.78 is 6.14. The Morgan fingerprint density at radius 1 is 1.19 bits per heavy atom. The van der Waals surface area contributed by atoms with Crippen molar-refractivity contribution in [2.45, 2.75) is 32.3 Å². The Bertz CT molecular complexity index is 765. The molecule has 3 rings (SSSR count). The lowest BCUT2D eigenvalue weighted by molar-refractivity contribution is -0.118. The molecular weight excluding hydrogens is 336 g/mol. The lowest BCUT2D eigenvalue weighted by atomic mass is 9.88. The van der Waals surface area contributed by atoms with Crippen LogP contribution in [0.4, 0.5) is 5.69 Å². The van der Waals surface area contributed by atoms with Gasteiger partial charge in [-0.15, -0.1) is 0 Å². The van der Waals surface area contributed by atoms with E-state index in [1.165, 1.54) is 22.4 Å². The van der Waals surface area contributed by atoms with Gasteiger partial charge >= 0.3 is 0 Å². The number of anilines is 1. The van der Waals surface area contributed by atoms with E-state index in [-0.39, 0.29) is 11.9 Å². The van der Waals surface area contributed by atoms with E-state index in [4.69, 9.17) is 4.74 Å². The molecule has 4 nitrogen and oxygen atoms in total.